The van der Waals surface area contributed by atoms with Gasteiger partial charge in [-0.25, -0.2) is 4.39 Å². The van der Waals surface area contributed by atoms with Crippen molar-refractivity contribution in [2.75, 3.05) is 23.3 Å². The van der Waals surface area contributed by atoms with Crippen LogP contribution in [0.4, 0.5) is 15.8 Å². The van der Waals surface area contributed by atoms with E-state index in [2.05, 4.69) is 15.4 Å². The maximum Gasteiger partial charge on any atom is 0.255 e. The number of nitrogens with zero attached hydrogens (tertiary/aromatic N) is 2. The molecule has 1 heterocycles. The van der Waals surface area contributed by atoms with Crippen LogP contribution in [0.15, 0.2) is 41.6 Å². The minimum absolute atomic E-state index is 0.0896. The summed E-state index contributed by atoms with van der Waals surface area (Å²) in [6.45, 7) is 2.10. The first-order chi connectivity index (χ1) is 13.6. The Morgan fingerprint density at radius 1 is 1.21 bits per heavy atom. The van der Waals surface area contributed by atoms with Crippen molar-refractivity contribution in [1.82, 2.24) is 0 Å². The molecule has 0 unspecified atom stereocenters. The van der Waals surface area contributed by atoms with Crippen LogP contribution in [0.1, 0.15) is 41.6 Å². The van der Waals surface area contributed by atoms with Gasteiger partial charge in [0.2, 0.25) is 0 Å². The van der Waals surface area contributed by atoms with E-state index >= 15 is 0 Å². The summed E-state index contributed by atoms with van der Waals surface area (Å²) in [5.74, 6) is -1.91. The van der Waals surface area contributed by atoms with Gasteiger partial charge in [0.15, 0.2) is 11.6 Å². The van der Waals surface area contributed by atoms with Crippen LogP contribution < -0.4 is 10.2 Å². The van der Waals surface area contributed by atoms with Gasteiger partial charge in [0.25, 0.3) is 5.91 Å². The molecule has 28 heavy (non-hydrogen) atoms. The number of aromatic hydroxyl groups is 1. The molecule has 1 aliphatic heterocycles. The van der Waals surface area contributed by atoms with Crippen LogP contribution in [-0.4, -0.2) is 36.4 Å². The van der Waals surface area contributed by atoms with Gasteiger partial charge in [-0.1, -0.05) is 5.16 Å². The second-order valence-electron chi connectivity index (χ2n) is 7.13. The van der Waals surface area contributed by atoms with Gasteiger partial charge >= 0.3 is 0 Å². The molecule has 6 nitrogen and oxygen atoms in total. The predicted octanol–water partition coefficient (Wildman–Crippen LogP) is 3.90. The van der Waals surface area contributed by atoms with Crippen LogP contribution >= 0.6 is 0 Å². The Bertz CT molecular complexity index is 889. The summed E-state index contributed by atoms with van der Waals surface area (Å²) in [5, 5.41) is 16.4. The van der Waals surface area contributed by atoms with Crippen molar-refractivity contribution in [3.05, 3.63) is 53.3 Å². The molecule has 0 aromatic heterocycles. The molecular formula is C21H22FN3O3. The van der Waals surface area contributed by atoms with E-state index in [0.29, 0.717) is 5.69 Å². The molecule has 1 saturated carbocycles. The van der Waals surface area contributed by atoms with E-state index in [1.165, 1.54) is 25.1 Å². The molecule has 0 atom stereocenters. The number of carbonyl (C=O) groups excluding carboxylic acids is 1. The van der Waals surface area contributed by atoms with Crippen LogP contribution in [0.3, 0.4) is 0 Å². The van der Waals surface area contributed by atoms with Crippen LogP contribution in [0.5, 0.6) is 5.75 Å². The third-order valence-electron chi connectivity index (χ3n) is 4.88. The van der Waals surface area contributed by atoms with Crippen molar-refractivity contribution < 1.29 is 19.1 Å². The van der Waals surface area contributed by atoms with Gasteiger partial charge in [0.1, 0.15) is 6.10 Å². The van der Waals surface area contributed by atoms with E-state index in [0.717, 1.165) is 37.7 Å². The molecule has 0 spiro atoms. The predicted molar refractivity (Wildman–Crippen MR) is 106 cm³/mol. The number of phenolic OH excluding ortho intramolecular Hbond substituents is 1. The fraction of sp³-hybridized carbons (Fsp3) is 0.333. The standard InChI is InChI=1S/C21H22FN3O3/c22-19-12-14(11-15(20(19)26)13-23-28-18-7-8-18)21(27)24-16-3-5-17(6-4-16)25-9-1-2-10-25/h3-6,11-13,18,26H,1-2,7-10H2,(H,24,27). The Hall–Kier alpha value is -3.09. The van der Waals surface area contributed by atoms with Crippen LogP contribution in [0.25, 0.3) is 0 Å². The lowest BCUT2D eigenvalue weighted by Gasteiger charge is -2.17. The third-order valence-corrected chi connectivity index (χ3v) is 4.88. The molecule has 2 aromatic carbocycles. The summed E-state index contributed by atoms with van der Waals surface area (Å²) < 4.78 is 14.0. The molecule has 1 amide bonds. The lowest BCUT2D eigenvalue weighted by Crippen LogP contribution is -2.17. The highest BCUT2D eigenvalue weighted by Gasteiger charge is 2.23. The van der Waals surface area contributed by atoms with Crippen LogP contribution in [0, 0.1) is 5.82 Å². The Kier molecular flexibility index (Phi) is 5.14. The zero-order valence-electron chi connectivity index (χ0n) is 15.4. The number of anilines is 2. The summed E-state index contributed by atoms with van der Waals surface area (Å²) in [4.78, 5) is 20.0. The largest absolute Gasteiger partial charge is 0.504 e. The summed E-state index contributed by atoms with van der Waals surface area (Å²) in [6.07, 6.45) is 5.59. The highest BCUT2D eigenvalue weighted by atomic mass is 19.1. The minimum Gasteiger partial charge on any atom is -0.504 e. The Morgan fingerprint density at radius 2 is 1.93 bits per heavy atom. The molecule has 1 saturated heterocycles. The first kappa shape index (κ1) is 18.3. The lowest BCUT2D eigenvalue weighted by molar-refractivity contribution is 0.102. The lowest BCUT2D eigenvalue weighted by atomic mass is 10.1. The first-order valence-corrected chi connectivity index (χ1v) is 9.48. The molecular weight excluding hydrogens is 361 g/mol. The smallest absolute Gasteiger partial charge is 0.255 e. The van der Waals surface area contributed by atoms with Crippen LogP contribution in [0.2, 0.25) is 0 Å². The molecule has 2 aromatic rings. The first-order valence-electron chi connectivity index (χ1n) is 9.48. The molecule has 0 bridgehead atoms. The highest BCUT2D eigenvalue weighted by Crippen LogP contribution is 2.26. The maximum absolute atomic E-state index is 14.0. The summed E-state index contributed by atoms with van der Waals surface area (Å²) in [6, 6.07) is 9.97. The van der Waals surface area contributed by atoms with Crippen molar-refractivity contribution in [3.63, 3.8) is 0 Å². The normalized spacial score (nSPS) is 16.5. The maximum atomic E-state index is 14.0. The van der Waals surface area contributed by atoms with Crippen molar-refractivity contribution in [3.8, 4) is 5.75 Å². The summed E-state index contributed by atoms with van der Waals surface area (Å²) in [7, 11) is 0. The average molecular weight is 383 g/mol. The fourth-order valence-corrected chi connectivity index (χ4v) is 3.13. The number of oxime groups is 1. The number of halogens is 1. The monoisotopic (exact) mass is 383 g/mol. The zero-order chi connectivity index (χ0) is 19.5. The molecule has 4 rings (SSSR count). The van der Waals surface area contributed by atoms with Crippen LogP contribution in [-0.2, 0) is 4.84 Å². The van der Waals surface area contributed by atoms with E-state index in [-0.39, 0.29) is 17.2 Å². The molecule has 7 heteroatoms. The van der Waals surface area contributed by atoms with Gasteiger partial charge in [-0.05, 0) is 62.1 Å². The number of phenols is 1. The second kappa shape index (κ2) is 7.88. The van der Waals surface area contributed by atoms with Gasteiger partial charge in [-0.15, -0.1) is 0 Å². The Morgan fingerprint density at radius 3 is 2.61 bits per heavy atom. The quantitative estimate of drug-likeness (QED) is 0.586. The van der Waals surface area contributed by atoms with E-state index in [9.17, 15) is 14.3 Å². The number of hydrogen-bond acceptors (Lipinski definition) is 5. The summed E-state index contributed by atoms with van der Waals surface area (Å²) >= 11 is 0. The second-order valence-corrected chi connectivity index (χ2v) is 7.13. The van der Waals surface area contributed by atoms with E-state index < -0.39 is 17.5 Å². The van der Waals surface area contributed by atoms with Gasteiger partial charge in [0, 0.05) is 35.6 Å². The van der Waals surface area contributed by atoms with Gasteiger partial charge in [0.05, 0.1) is 6.21 Å². The zero-order valence-corrected chi connectivity index (χ0v) is 15.4. The highest BCUT2D eigenvalue weighted by molar-refractivity contribution is 6.05. The number of rotatable bonds is 6. The van der Waals surface area contributed by atoms with E-state index in [1.54, 1.807) is 0 Å². The minimum atomic E-state index is -0.884. The number of hydrogen-bond donors (Lipinski definition) is 2. The van der Waals surface area contributed by atoms with Crippen molar-refractivity contribution in [1.29, 1.82) is 0 Å². The topological polar surface area (TPSA) is 74.2 Å². The fourth-order valence-electron chi connectivity index (χ4n) is 3.13. The third kappa shape index (κ3) is 4.24. The Balaban J connectivity index is 1.46. The Labute approximate surface area is 162 Å². The van der Waals surface area contributed by atoms with Crippen molar-refractivity contribution >= 4 is 23.5 Å². The van der Waals surface area contributed by atoms with Crippen molar-refractivity contribution in [2.45, 2.75) is 31.8 Å². The SMILES string of the molecule is O=C(Nc1ccc(N2CCCC2)cc1)c1cc(F)c(O)c(C=NOC2CC2)c1. The molecule has 2 aliphatic rings. The van der Waals surface area contributed by atoms with E-state index in [4.69, 9.17) is 4.84 Å². The van der Waals surface area contributed by atoms with Crippen molar-refractivity contribution in [2.24, 2.45) is 5.16 Å². The number of carbonyl (C=O) groups is 1. The molecule has 146 valence electrons. The molecule has 2 fully saturated rings. The van der Waals surface area contributed by atoms with Gasteiger partial charge in [-0.2, -0.15) is 0 Å². The van der Waals surface area contributed by atoms with Gasteiger partial charge in [-0.3, -0.25) is 4.79 Å². The summed E-state index contributed by atoms with van der Waals surface area (Å²) in [5.41, 5.74) is 1.93. The average Bonchev–Trinajstić information content (AvgIpc) is 3.35. The van der Waals surface area contributed by atoms with Gasteiger partial charge < -0.3 is 20.2 Å². The number of benzene rings is 2. The molecule has 1 aliphatic carbocycles. The van der Waals surface area contributed by atoms with E-state index in [1.807, 2.05) is 24.3 Å². The number of nitrogens with one attached hydrogen (secondary N) is 1. The molecule has 2 N–H and O–H groups in total. The number of amides is 1. The molecule has 0 radical (unpaired) electrons.